The first-order valence-electron chi connectivity index (χ1n) is 13.2. The van der Waals surface area contributed by atoms with Crippen LogP contribution in [0.4, 0.5) is 0 Å². The maximum Gasteiger partial charge on any atom is 0.247 e. The van der Waals surface area contributed by atoms with Gasteiger partial charge in [0.25, 0.3) is 0 Å². The molecule has 9 heteroatoms. The number of nitrogens with zero attached hydrogens (tertiary/aromatic N) is 1. The van der Waals surface area contributed by atoms with E-state index < -0.39 is 30.1 Å². The van der Waals surface area contributed by atoms with Crippen LogP contribution in [0.25, 0.3) is 0 Å². The van der Waals surface area contributed by atoms with E-state index in [1.807, 2.05) is 0 Å². The quantitative estimate of drug-likeness (QED) is 0.409. The second-order valence-electron chi connectivity index (χ2n) is 10.6. The Morgan fingerprint density at radius 2 is 2.00 bits per heavy atom. The summed E-state index contributed by atoms with van der Waals surface area (Å²) in [4.78, 5) is 40.4. The van der Waals surface area contributed by atoms with Gasteiger partial charge in [0.15, 0.2) is 11.5 Å². The number of aliphatic hydroxyl groups is 2. The Morgan fingerprint density at radius 1 is 1.27 bits per heavy atom. The minimum absolute atomic E-state index is 0.00310. The number of carbonyl (C=O) groups is 3. The van der Waals surface area contributed by atoms with Crippen molar-refractivity contribution in [2.24, 2.45) is 11.8 Å². The zero-order valence-electron chi connectivity index (χ0n) is 21.8. The molecule has 0 aromatic heterocycles. The first kappa shape index (κ1) is 27.1. The Bertz CT molecular complexity index is 1050. The lowest BCUT2D eigenvalue weighted by molar-refractivity contribution is -0.141. The predicted octanol–water partition coefficient (Wildman–Crippen LogP) is 2.20. The standard InChI is InChI=1S/C28H38N2O7/c1-16(2)8-10-30(28(35)18-6-4-5-7-18)21-14-20(27(34)29-9-11-31)23-19-12-17(15-32)13-22(36-3)25(19)37-26(23)24(21)33/h12-16,18,21,23-24,26,31,33H,4-11H2,1-3H3,(H,29,34). The van der Waals surface area contributed by atoms with Gasteiger partial charge >= 0.3 is 0 Å². The highest BCUT2D eigenvalue weighted by atomic mass is 16.5. The second-order valence-corrected chi connectivity index (χ2v) is 10.6. The molecule has 0 saturated heterocycles. The lowest BCUT2D eigenvalue weighted by Crippen LogP contribution is -2.57. The summed E-state index contributed by atoms with van der Waals surface area (Å²) < 4.78 is 11.7. The van der Waals surface area contributed by atoms with Crippen molar-refractivity contribution >= 4 is 18.1 Å². The maximum atomic E-state index is 13.7. The molecule has 2 amide bonds. The van der Waals surface area contributed by atoms with Crippen LogP contribution in [0.2, 0.25) is 0 Å². The van der Waals surface area contributed by atoms with E-state index in [9.17, 15) is 24.6 Å². The molecule has 37 heavy (non-hydrogen) atoms. The molecule has 0 radical (unpaired) electrons. The minimum Gasteiger partial charge on any atom is -0.493 e. The van der Waals surface area contributed by atoms with Crippen LogP contribution in [0, 0.1) is 11.8 Å². The zero-order chi connectivity index (χ0) is 26.7. The number of aldehydes is 1. The highest BCUT2D eigenvalue weighted by Crippen LogP contribution is 2.51. The van der Waals surface area contributed by atoms with Gasteiger partial charge in [-0.25, -0.2) is 0 Å². The van der Waals surface area contributed by atoms with Gasteiger partial charge < -0.3 is 29.9 Å². The fourth-order valence-corrected chi connectivity index (χ4v) is 5.77. The molecule has 9 nitrogen and oxygen atoms in total. The van der Waals surface area contributed by atoms with Gasteiger partial charge in [-0.1, -0.05) is 26.7 Å². The first-order valence-corrected chi connectivity index (χ1v) is 13.2. The van der Waals surface area contributed by atoms with Crippen molar-refractivity contribution in [3.63, 3.8) is 0 Å². The van der Waals surface area contributed by atoms with Crippen LogP contribution in [0.5, 0.6) is 11.5 Å². The van der Waals surface area contributed by atoms with Gasteiger partial charge in [0.05, 0.1) is 25.7 Å². The maximum absolute atomic E-state index is 13.7. The highest BCUT2D eigenvalue weighted by Gasteiger charge is 2.51. The van der Waals surface area contributed by atoms with E-state index in [2.05, 4.69) is 19.2 Å². The molecule has 0 bridgehead atoms. The topological polar surface area (TPSA) is 125 Å². The molecular formula is C28H38N2O7. The highest BCUT2D eigenvalue weighted by molar-refractivity contribution is 5.96. The SMILES string of the molecule is COc1cc(C=O)cc2c1OC1C2C(C(=O)NCCO)=CC(N(CCC(C)C)C(=O)C2CCCC2)C1O. The molecule has 0 spiro atoms. The minimum atomic E-state index is -1.10. The second kappa shape index (κ2) is 11.6. The molecule has 2 aliphatic carbocycles. The van der Waals surface area contributed by atoms with Crippen LogP contribution in [0.3, 0.4) is 0 Å². The number of amides is 2. The van der Waals surface area contributed by atoms with E-state index in [-0.39, 0.29) is 25.0 Å². The third-order valence-corrected chi connectivity index (χ3v) is 7.71. The van der Waals surface area contributed by atoms with Gasteiger partial charge in [-0.3, -0.25) is 14.4 Å². The van der Waals surface area contributed by atoms with E-state index in [1.54, 1.807) is 23.1 Å². The van der Waals surface area contributed by atoms with Crippen LogP contribution in [-0.2, 0) is 9.59 Å². The Morgan fingerprint density at radius 3 is 2.62 bits per heavy atom. The van der Waals surface area contributed by atoms with E-state index in [0.717, 1.165) is 32.1 Å². The molecule has 202 valence electrons. The number of aliphatic hydroxyl groups excluding tert-OH is 2. The van der Waals surface area contributed by atoms with Gasteiger partial charge in [-0.15, -0.1) is 0 Å². The van der Waals surface area contributed by atoms with Crippen molar-refractivity contribution in [3.05, 3.63) is 34.9 Å². The van der Waals surface area contributed by atoms with E-state index >= 15 is 0 Å². The van der Waals surface area contributed by atoms with Crippen molar-refractivity contribution in [2.75, 3.05) is 26.8 Å². The molecule has 4 atom stereocenters. The number of benzene rings is 1. The number of rotatable bonds is 10. The molecule has 1 saturated carbocycles. The summed E-state index contributed by atoms with van der Waals surface area (Å²) >= 11 is 0. The van der Waals surface area contributed by atoms with Crippen LogP contribution < -0.4 is 14.8 Å². The number of hydrogen-bond donors (Lipinski definition) is 3. The zero-order valence-corrected chi connectivity index (χ0v) is 21.8. The molecule has 1 fully saturated rings. The molecule has 4 rings (SSSR count). The van der Waals surface area contributed by atoms with Gasteiger partial charge in [-0.2, -0.15) is 0 Å². The van der Waals surface area contributed by atoms with Crippen molar-refractivity contribution < 1.29 is 34.1 Å². The van der Waals surface area contributed by atoms with Crippen LogP contribution in [0.15, 0.2) is 23.8 Å². The third-order valence-electron chi connectivity index (χ3n) is 7.71. The summed E-state index contributed by atoms with van der Waals surface area (Å²) in [7, 11) is 1.47. The monoisotopic (exact) mass is 514 g/mol. The van der Waals surface area contributed by atoms with Gasteiger partial charge in [-0.05, 0) is 43.4 Å². The van der Waals surface area contributed by atoms with Gasteiger partial charge in [0, 0.05) is 35.7 Å². The van der Waals surface area contributed by atoms with E-state index in [1.165, 1.54) is 7.11 Å². The third kappa shape index (κ3) is 5.38. The summed E-state index contributed by atoms with van der Waals surface area (Å²) in [5.41, 5.74) is 1.28. The molecule has 4 unspecified atom stereocenters. The van der Waals surface area contributed by atoms with Gasteiger partial charge in [0.2, 0.25) is 11.8 Å². The first-order chi connectivity index (χ1) is 17.8. The molecular weight excluding hydrogens is 476 g/mol. The molecule has 1 aromatic carbocycles. The normalized spacial score (nSPS) is 24.6. The van der Waals surface area contributed by atoms with Crippen LogP contribution >= 0.6 is 0 Å². The number of ether oxygens (including phenoxy) is 2. The lowest BCUT2D eigenvalue weighted by atomic mass is 9.77. The fraction of sp³-hybridized carbons (Fsp3) is 0.607. The molecule has 1 aromatic rings. The molecule has 3 aliphatic rings. The number of fused-ring (bicyclic) bond motifs is 3. The van der Waals surface area contributed by atoms with Gasteiger partial charge in [0.1, 0.15) is 18.5 Å². The largest absolute Gasteiger partial charge is 0.493 e. The summed E-state index contributed by atoms with van der Waals surface area (Å²) in [5, 5.41) is 23.7. The van der Waals surface area contributed by atoms with Crippen molar-refractivity contribution in [2.45, 2.75) is 70.1 Å². The van der Waals surface area contributed by atoms with Crippen molar-refractivity contribution in [1.29, 1.82) is 0 Å². The average molecular weight is 515 g/mol. The molecule has 1 heterocycles. The molecule has 1 aliphatic heterocycles. The molecule has 3 N–H and O–H groups in total. The van der Waals surface area contributed by atoms with E-state index in [4.69, 9.17) is 9.47 Å². The smallest absolute Gasteiger partial charge is 0.247 e. The van der Waals surface area contributed by atoms with Crippen molar-refractivity contribution in [1.82, 2.24) is 10.2 Å². The number of hydrogen-bond acceptors (Lipinski definition) is 7. The summed E-state index contributed by atoms with van der Waals surface area (Å²) in [6.45, 7) is 4.46. The Hall–Kier alpha value is -2.91. The summed E-state index contributed by atoms with van der Waals surface area (Å²) in [6, 6.07) is 2.45. The van der Waals surface area contributed by atoms with Crippen LogP contribution in [-0.4, -0.2) is 78.3 Å². The summed E-state index contributed by atoms with van der Waals surface area (Å²) in [5.74, 6) is -0.0996. The Balaban J connectivity index is 1.79. The Kier molecular flexibility index (Phi) is 8.54. The predicted molar refractivity (Wildman–Crippen MR) is 137 cm³/mol. The van der Waals surface area contributed by atoms with Crippen molar-refractivity contribution in [3.8, 4) is 11.5 Å². The van der Waals surface area contributed by atoms with Crippen LogP contribution in [0.1, 0.15) is 67.8 Å². The fourth-order valence-electron chi connectivity index (χ4n) is 5.77. The summed E-state index contributed by atoms with van der Waals surface area (Å²) in [6.07, 6.45) is 4.85. The number of nitrogens with one attached hydrogen (secondary N) is 1. The Labute approximate surface area is 217 Å². The number of methoxy groups -OCH3 is 1. The number of carbonyl (C=O) groups excluding carboxylic acids is 3. The average Bonchev–Trinajstić information content (AvgIpc) is 3.56. The van der Waals surface area contributed by atoms with E-state index in [0.29, 0.717) is 46.9 Å². The lowest BCUT2D eigenvalue weighted by Gasteiger charge is -2.41.